The van der Waals surface area contributed by atoms with Gasteiger partial charge in [0.05, 0.1) is 10.9 Å². The Morgan fingerprint density at radius 1 is 1.17 bits per heavy atom. The molecule has 5 heteroatoms. The molecule has 1 aliphatic carbocycles. The van der Waals surface area contributed by atoms with E-state index in [9.17, 15) is 4.79 Å². The van der Waals surface area contributed by atoms with Gasteiger partial charge in [-0.3, -0.25) is 10.0 Å². The number of hydroxylamine groups is 1. The molecule has 1 amide bonds. The minimum atomic E-state index is -0.469. The van der Waals surface area contributed by atoms with Crippen LogP contribution >= 0.6 is 11.3 Å². The Bertz CT molecular complexity index is 945. The van der Waals surface area contributed by atoms with Gasteiger partial charge in [0, 0.05) is 11.2 Å². The molecule has 24 heavy (non-hydrogen) atoms. The fraction of sp³-hybridized carbons (Fsp3) is 0.105. The first kappa shape index (κ1) is 15.1. The highest BCUT2D eigenvalue weighted by atomic mass is 32.1. The smallest absolute Gasteiger partial charge is 0.284 e. The zero-order chi connectivity index (χ0) is 16.5. The van der Waals surface area contributed by atoms with Crippen LogP contribution in [0.15, 0.2) is 54.6 Å². The fourth-order valence-corrected chi connectivity index (χ4v) is 4.02. The number of hydrogen-bond donors (Lipinski definition) is 3. The predicted octanol–water partition coefficient (Wildman–Crippen LogP) is 3.88. The van der Waals surface area contributed by atoms with Crippen LogP contribution in [-0.2, 0) is 6.54 Å². The van der Waals surface area contributed by atoms with Gasteiger partial charge in [0.2, 0.25) is 0 Å². The molecule has 1 atom stereocenters. The minimum Gasteiger partial charge on any atom is -0.303 e. The normalized spacial score (nSPS) is 15.6. The summed E-state index contributed by atoms with van der Waals surface area (Å²) in [6, 6.07) is 16.6. The Labute approximate surface area is 143 Å². The molecule has 4 rings (SSSR count). The van der Waals surface area contributed by atoms with Crippen LogP contribution < -0.4 is 10.8 Å². The van der Waals surface area contributed by atoms with Crippen molar-refractivity contribution >= 4 is 33.4 Å². The molecular weight excluding hydrogens is 320 g/mol. The summed E-state index contributed by atoms with van der Waals surface area (Å²) in [5.41, 5.74) is 5.41. The lowest BCUT2D eigenvalue weighted by atomic mass is 10.1. The third-order valence-electron chi connectivity index (χ3n) is 4.24. The number of amides is 1. The van der Waals surface area contributed by atoms with E-state index in [1.54, 1.807) is 11.5 Å². The first-order chi connectivity index (χ1) is 11.7. The molecule has 0 saturated heterocycles. The highest BCUT2D eigenvalue weighted by Crippen LogP contribution is 2.29. The largest absolute Gasteiger partial charge is 0.303 e. The van der Waals surface area contributed by atoms with Crippen LogP contribution in [0.2, 0.25) is 0 Å². The molecule has 0 spiro atoms. The standard InChI is InChI=1S/C19H16N2O2S/c22-19(21-23)18-10-14-6-5-12(9-17(14)24-18)11-20-16-8-7-13-3-1-2-4-15(13)16/h1-10,16,20,23H,11H2,(H,21,22). The number of rotatable bonds is 4. The van der Waals surface area contributed by atoms with Crippen molar-refractivity contribution < 1.29 is 10.0 Å². The molecule has 2 aromatic carbocycles. The molecule has 0 bridgehead atoms. The van der Waals surface area contributed by atoms with Crippen molar-refractivity contribution in [3.63, 3.8) is 0 Å². The molecule has 1 aliphatic rings. The van der Waals surface area contributed by atoms with Gasteiger partial charge in [-0.2, -0.15) is 0 Å². The molecule has 1 unspecified atom stereocenters. The summed E-state index contributed by atoms with van der Waals surface area (Å²) in [5, 5.41) is 13.3. The van der Waals surface area contributed by atoms with E-state index in [1.165, 1.54) is 22.5 Å². The van der Waals surface area contributed by atoms with E-state index < -0.39 is 5.91 Å². The number of thiophene rings is 1. The lowest BCUT2D eigenvalue weighted by Gasteiger charge is -2.13. The first-order valence-electron chi connectivity index (χ1n) is 7.72. The van der Waals surface area contributed by atoms with E-state index in [-0.39, 0.29) is 6.04 Å². The van der Waals surface area contributed by atoms with Gasteiger partial charge >= 0.3 is 0 Å². The summed E-state index contributed by atoms with van der Waals surface area (Å²) in [5.74, 6) is -0.469. The second-order valence-electron chi connectivity index (χ2n) is 5.77. The fourth-order valence-electron chi connectivity index (χ4n) is 3.01. The van der Waals surface area contributed by atoms with Gasteiger partial charge in [0.15, 0.2) is 0 Å². The van der Waals surface area contributed by atoms with Crippen LogP contribution in [-0.4, -0.2) is 11.1 Å². The highest BCUT2D eigenvalue weighted by Gasteiger charge is 2.16. The first-order valence-corrected chi connectivity index (χ1v) is 8.54. The Hall–Kier alpha value is -2.47. The summed E-state index contributed by atoms with van der Waals surface area (Å²) in [6.45, 7) is 0.749. The molecule has 4 nitrogen and oxygen atoms in total. The molecule has 0 radical (unpaired) electrons. The molecule has 3 N–H and O–H groups in total. The number of carbonyl (C=O) groups excluding carboxylic acids is 1. The maximum atomic E-state index is 11.5. The number of nitrogens with one attached hydrogen (secondary N) is 2. The third-order valence-corrected chi connectivity index (χ3v) is 5.33. The van der Waals surface area contributed by atoms with E-state index in [0.717, 1.165) is 22.2 Å². The van der Waals surface area contributed by atoms with Gasteiger partial charge in [-0.15, -0.1) is 11.3 Å². The van der Waals surface area contributed by atoms with E-state index in [1.807, 2.05) is 6.07 Å². The van der Waals surface area contributed by atoms with Crippen LogP contribution in [0.1, 0.15) is 32.4 Å². The van der Waals surface area contributed by atoms with Crippen molar-refractivity contribution in [1.82, 2.24) is 10.8 Å². The van der Waals surface area contributed by atoms with Crippen LogP contribution in [0.3, 0.4) is 0 Å². The van der Waals surface area contributed by atoms with Crippen LogP contribution in [0, 0.1) is 0 Å². The molecule has 0 aliphatic heterocycles. The summed E-state index contributed by atoms with van der Waals surface area (Å²) in [6.07, 6.45) is 4.33. The van der Waals surface area contributed by atoms with Gasteiger partial charge in [-0.05, 0) is 34.2 Å². The zero-order valence-electron chi connectivity index (χ0n) is 12.8. The van der Waals surface area contributed by atoms with Gasteiger partial charge in [0.1, 0.15) is 0 Å². The van der Waals surface area contributed by atoms with Gasteiger partial charge in [-0.1, -0.05) is 48.6 Å². The monoisotopic (exact) mass is 336 g/mol. The lowest BCUT2D eigenvalue weighted by molar-refractivity contribution is 0.0711. The summed E-state index contributed by atoms with van der Waals surface area (Å²) in [4.78, 5) is 12.0. The van der Waals surface area contributed by atoms with Crippen LogP contribution in [0.25, 0.3) is 16.2 Å². The van der Waals surface area contributed by atoms with E-state index in [2.05, 4.69) is 53.9 Å². The van der Waals surface area contributed by atoms with Crippen molar-refractivity contribution in [1.29, 1.82) is 0 Å². The second kappa shape index (κ2) is 6.20. The zero-order valence-corrected chi connectivity index (χ0v) is 13.6. The second-order valence-corrected chi connectivity index (χ2v) is 6.85. The van der Waals surface area contributed by atoms with Crippen LogP contribution in [0.4, 0.5) is 0 Å². The van der Waals surface area contributed by atoms with Crippen molar-refractivity contribution in [2.45, 2.75) is 12.6 Å². The van der Waals surface area contributed by atoms with E-state index in [4.69, 9.17) is 5.21 Å². The quantitative estimate of drug-likeness (QED) is 0.500. The predicted molar refractivity (Wildman–Crippen MR) is 96.1 cm³/mol. The Morgan fingerprint density at radius 3 is 2.92 bits per heavy atom. The average molecular weight is 336 g/mol. The number of hydrogen-bond acceptors (Lipinski definition) is 4. The van der Waals surface area contributed by atoms with Crippen LogP contribution in [0.5, 0.6) is 0 Å². The van der Waals surface area contributed by atoms with Crippen molar-refractivity contribution in [2.24, 2.45) is 0 Å². The summed E-state index contributed by atoms with van der Waals surface area (Å²) < 4.78 is 1.04. The highest BCUT2D eigenvalue weighted by molar-refractivity contribution is 7.20. The molecule has 1 heterocycles. The molecule has 0 fully saturated rings. The van der Waals surface area contributed by atoms with Gasteiger partial charge < -0.3 is 5.32 Å². The molecule has 3 aromatic rings. The summed E-state index contributed by atoms with van der Waals surface area (Å²) in [7, 11) is 0. The summed E-state index contributed by atoms with van der Waals surface area (Å²) >= 11 is 1.38. The Balaban J connectivity index is 1.51. The van der Waals surface area contributed by atoms with Crippen molar-refractivity contribution in [2.75, 3.05) is 0 Å². The number of benzene rings is 2. The molecule has 0 saturated carbocycles. The maximum Gasteiger partial charge on any atom is 0.284 e. The maximum absolute atomic E-state index is 11.5. The van der Waals surface area contributed by atoms with E-state index in [0.29, 0.717) is 4.88 Å². The van der Waals surface area contributed by atoms with Gasteiger partial charge in [0.25, 0.3) is 5.91 Å². The lowest BCUT2D eigenvalue weighted by Crippen LogP contribution is -2.17. The number of fused-ring (bicyclic) bond motifs is 2. The molecular formula is C19H16N2O2S. The molecule has 1 aromatic heterocycles. The van der Waals surface area contributed by atoms with E-state index >= 15 is 0 Å². The van der Waals surface area contributed by atoms with Crippen molar-refractivity contribution in [3.8, 4) is 0 Å². The minimum absolute atomic E-state index is 0.232. The molecule has 120 valence electrons. The Kier molecular flexibility index (Phi) is 3.90. The SMILES string of the molecule is O=C(NO)c1cc2ccc(CNC3C=Cc4ccccc43)cc2s1. The number of carbonyl (C=O) groups is 1. The van der Waals surface area contributed by atoms with Crippen molar-refractivity contribution in [3.05, 3.63) is 76.2 Å². The topological polar surface area (TPSA) is 61.4 Å². The third kappa shape index (κ3) is 2.73. The Morgan fingerprint density at radius 2 is 2.04 bits per heavy atom. The van der Waals surface area contributed by atoms with Gasteiger partial charge in [-0.25, -0.2) is 5.48 Å². The average Bonchev–Trinajstić information content (AvgIpc) is 3.22.